The van der Waals surface area contributed by atoms with Gasteiger partial charge < -0.3 is 9.88 Å². The van der Waals surface area contributed by atoms with E-state index in [1.54, 1.807) is 24.3 Å². The van der Waals surface area contributed by atoms with E-state index in [4.69, 9.17) is 23.2 Å². The Bertz CT molecular complexity index is 702. The van der Waals surface area contributed by atoms with Crippen molar-refractivity contribution < 1.29 is 4.79 Å². The van der Waals surface area contributed by atoms with E-state index in [1.165, 1.54) is 11.8 Å². The Morgan fingerprint density at radius 3 is 2.95 bits per heavy atom. The van der Waals surface area contributed by atoms with Crippen LogP contribution in [-0.2, 0) is 11.3 Å². The minimum Gasteiger partial charge on any atom is -0.324 e. The molecule has 0 aliphatic heterocycles. The van der Waals surface area contributed by atoms with Crippen LogP contribution >= 0.6 is 35.0 Å². The molecule has 1 aromatic heterocycles. The fourth-order valence-corrected chi connectivity index (χ4v) is 2.85. The molecule has 1 aromatic carbocycles. The number of thioether (sulfide) groups is 1. The van der Waals surface area contributed by atoms with Gasteiger partial charge in [0.05, 0.1) is 16.5 Å². The van der Waals surface area contributed by atoms with Gasteiger partial charge in [-0.2, -0.15) is 0 Å². The molecule has 0 saturated heterocycles. The van der Waals surface area contributed by atoms with Crippen LogP contribution in [0.25, 0.3) is 0 Å². The second-order valence-corrected chi connectivity index (χ2v) is 6.18. The number of carbonyl (C=O) groups is 1. The number of allylic oxidation sites excluding steroid dienone is 1. The first-order valence-corrected chi connectivity index (χ1v) is 8.14. The maximum absolute atomic E-state index is 12.0. The van der Waals surface area contributed by atoms with Gasteiger partial charge in [0.2, 0.25) is 5.91 Å². The lowest BCUT2D eigenvalue weighted by atomic mass is 10.3. The fourth-order valence-electron chi connectivity index (χ4n) is 1.72. The van der Waals surface area contributed by atoms with Crippen LogP contribution in [0, 0.1) is 6.92 Å². The number of hydrogen-bond acceptors (Lipinski definition) is 4. The number of aromatic nitrogens is 3. The average Bonchev–Trinajstić information content (AvgIpc) is 2.82. The van der Waals surface area contributed by atoms with Crippen molar-refractivity contribution in [3.8, 4) is 0 Å². The first kappa shape index (κ1) is 16.9. The molecule has 5 nitrogen and oxygen atoms in total. The van der Waals surface area contributed by atoms with Gasteiger partial charge in [0.15, 0.2) is 5.16 Å². The summed E-state index contributed by atoms with van der Waals surface area (Å²) in [5, 5.41) is 12.4. The summed E-state index contributed by atoms with van der Waals surface area (Å²) in [6.07, 6.45) is 1.76. The van der Waals surface area contributed by atoms with Gasteiger partial charge in [-0.1, -0.05) is 41.0 Å². The molecule has 0 saturated carbocycles. The molecule has 2 rings (SSSR count). The molecule has 22 heavy (non-hydrogen) atoms. The zero-order valence-electron chi connectivity index (χ0n) is 11.8. The van der Waals surface area contributed by atoms with Crippen LogP contribution in [0.1, 0.15) is 5.82 Å². The standard InChI is InChI=1S/C14H14Cl2N4OS/c1-3-6-20-9(2)18-19-14(20)22-8-13(21)17-12-7-10(15)4-5-11(12)16/h3-5,7H,1,6,8H2,2H3,(H,17,21). The molecule has 1 N–H and O–H groups in total. The van der Waals surface area contributed by atoms with Gasteiger partial charge in [-0.05, 0) is 25.1 Å². The molecule has 8 heteroatoms. The predicted molar refractivity (Wildman–Crippen MR) is 90.8 cm³/mol. The van der Waals surface area contributed by atoms with E-state index in [9.17, 15) is 4.79 Å². The van der Waals surface area contributed by atoms with E-state index in [0.29, 0.717) is 27.4 Å². The van der Waals surface area contributed by atoms with Crippen molar-refractivity contribution in [1.29, 1.82) is 0 Å². The highest BCUT2D eigenvalue weighted by Crippen LogP contribution is 2.26. The van der Waals surface area contributed by atoms with Crippen molar-refractivity contribution in [2.75, 3.05) is 11.1 Å². The van der Waals surface area contributed by atoms with Crippen molar-refractivity contribution in [3.05, 3.63) is 46.7 Å². The molecule has 0 radical (unpaired) electrons. The number of nitrogens with one attached hydrogen (secondary N) is 1. The third-order valence-electron chi connectivity index (χ3n) is 2.75. The molecular weight excluding hydrogens is 343 g/mol. The van der Waals surface area contributed by atoms with E-state index in [2.05, 4.69) is 22.1 Å². The van der Waals surface area contributed by atoms with E-state index >= 15 is 0 Å². The maximum atomic E-state index is 12.0. The van der Waals surface area contributed by atoms with Crippen molar-refractivity contribution in [1.82, 2.24) is 14.8 Å². The molecule has 0 spiro atoms. The molecular formula is C14H14Cl2N4OS. The Morgan fingerprint density at radius 1 is 1.45 bits per heavy atom. The number of halogens is 2. The molecule has 1 heterocycles. The summed E-state index contributed by atoms with van der Waals surface area (Å²) in [5.74, 6) is 0.777. The highest BCUT2D eigenvalue weighted by atomic mass is 35.5. The highest BCUT2D eigenvalue weighted by Gasteiger charge is 2.12. The molecule has 0 aliphatic carbocycles. The summed E-state index contributed by atoms with van der Waals surface area (Å²) in [6.45, 7) is 6.15. The lowest BCUT2D eigenvalue weighted by Crippen LogP contribution is -2.15. The maximum Gasteiger partial charge on any atom is 0.234 e. The predicted octanol–water partition coefficient (Wildman–Crippen LogP) is 3.81. The molecule has 2 aromatic rings. The molecule has 1 amide bonds. The van der Waals surface area contributed by atoms with Crippen LogP contribution in [0.2, 0.25) is 10.0 Å². The third kappa shape index (κ3) is 4.25. The smallest absolute Gasteiger partial charge is 0.234 e. The van der Waals surface area contributed by atoms with Gasteiger partial charge in [0.25, 0.3) is 0 Å². The molecule has 0 fully saturated rings. The van der Waals surface area contributed by atoms with E-state index < -0.39 is 0 Å². The molecule has 0 bridgehead atoms. The topological polar surface area (TPSA) is 59.8 Å². The monoisotopic (exact) mass is 356 g/mol. The minimum absolute atomic E-state index is 0.193. The fraction of sp³-hybridized carbons (Fsp3) is 0.214. The molecule has 0 atom stereocenters. The van der Waals surface area contributed by atoms with Gasteiger partial charge >= 0.3 is 0 Å². The quantitative estimate of drug-likeness (QED) is 0.631. The molecule has 0 aliphatic rings. The number of rotatable bonds is 6. The summed E-state index contributed by atoms with van der Waals surface area (Å²) in [4.78, 5) is 12.0. The van der Waals surface area contributed by atoms with Crippen molar-refractivity contribution in [2.24, 2.45) is 0 Å². The van der Waals surface area contributed by atoms with Crippen LogP contribution in [0.4, 0.5) is 5.69 Å². The normalized spacial score (nSPS) is 10.5. The van der Waals surface area contributed by atoms with Gasteiger partial charge in [0.1, 0.15) is 5.82 Å². The first-order valence-electron chi connectivity index (χ1n) is 6.39. The average molecular weight is 357 g/mol. The highest BCUT2D eigenvalue weighted by molar-refractivity contribution is 7.99. The van der Waals surface area contributed by atoms with E-state index in [1.807, 2.05) is 11.5 Å². The lowest BCUT2D eigenvalue weighted by Gasteiger charge is -2.08. The van der Waals surface area contributed by atoms with Gasteiger partial charge in [-0.25, -0.2) is 0 Å². The summed E-state index contributed by atoms with van der Waals surface area (Å²) in [6, 6.07) is 4.91. The van der Waals surface area contributed by atoms with Crippen LogP contribution in [-0.4, -0.2) is 26.4 Å². The number of nitrogens with zero attached hydrogens (tertiary/aromatic N) is 3. The van der Waals surface area contributed by atoms with E-state index in [0.717, 1.165) is 5.82 Å². The second-order valence-electron chi connectivity index (χ2n) is 4.39. The van der Waals surface area contributed by atoms with Crippen LogP contribution in [0.3, 0.4) is 0 Å². The van der Waals surface area contributed by atoms with Crippen molar-refractivity contribution in [3.63, 3.8) is 0 Å². The number of amides is 1. The summed E-state index contributed by atoms with van der Waals surface area (Å²) in [5.41, 5.74) is 0.489. The Hall–Kier alpha value is -1.50. The molecule has 116 valence electrons. The van der Waals surface area contributed by atoms with Gasteiger partial charge in [0, 0.05) is 11.6 Å². The summed E-state index contributed by atoms with van der Waals surface area (Å²) < 4.78 is 1.89. The summed E-state index contributed by atoms with van der Waals surface area (Å²) in [7, 11) is 0. The lowest BCUT2D eigenvalue weighted by molar-refractivity contribution is -0.113. The second kappa shape index (κ2) is 7.67. The number of aryl methyl sites for hydroxylation is 1. The van der Waals surface area contributed by atoms with Crippen LogP contribution in [0.5, 0.6) is 0 Å². The first-order chi connectivity index (χ1) is 10.5. The molecule has 0 unspecified atom stereocenters. The van der Waals surface area contributed by atoms with Gasteiger partial charge in [-0.15, -0.1) is 16.8 Å². The van der Waals surface area contributed by atoms with Crippen LogP contribution in [0.15, 0.2) is 36.0 Å². The number of carbonyl (C=O) groups excluding carboxylic acids is 1. The zero-order valence-corrected chi connectivity index (χ0v) is 14.2. The SMILES string of the molecule is C=CCn1c(C)nnc1SCC(=O)Nc1cc(Cl)ccc1Cl. The number of benzene rings is 1. The van der Waals surface area contributed by atoms with Crippen molar-refractivity contribution in [2.45, 2.75) is 18.6 Å². The largest absolute Gasteiger partial charge is 0.324 e. The number of anilines is 1. The van der Waals surface area contributed by atoms with E-state index in [-0.39, 0.29) is 11.7 Å². The Morgan fingerprint density at radius 2 is 2.23 bits per heavy atom. The minimum atomic E-state index is -0.194. The van der Waals surface area contributed by atoms with Crippen molar-refractivity contribution >= 4 is 46.6 Å². The van der Waals surface area contributed by atoms with Crippen LogP contribution < -0.4 is 5.32 Å². The Balaban J connectivity index is 1.98. The Kier molecular flexibility index (Phi) is 5.88. The Labute approximate surface area is 142 Å². The third-order valence-corrected chi connectivity index (χ3v) is 4.28. The zero-order chi connectivity index (χ0) is 16.1. The number of hydrogen-bond donors (Lipinski definition) is 1. The summed E-state index contributed by atoms with van der Waals surface area (Å²) >= 11 is 13.2. The van der Waals surface area contributed by atoms with Gasteiger partial charge in [-0.3, -0.25) is 4.79 Å².